The van der Waals surface area contributed by atoms with Gasteiger partial charge < -0.3 is 10.3 Å². The van der Waals surface area contributed by atoms with E-state index in [1.54, 1.807) is 0 Å². The van der Waals surface area contributed by atoms with Crippen LogP contribution in [-0.4, -0.2) is 53.9 Å². The minimum absolute atomic E-state index is 0.0160. The molecule has 0 aliphatic carbocycles. The number of para-hydroxylation sites is 2. The summed E-state index contributed by atoms with van der Waals surface area (Å²) in [5.74, 6) is 0.447. The maximum atomic E-state index is 13.2. The smallest absolute Gasteiger partial charge is 0.248 e. The second-order valence-corrected chi connectivity index (χ2v) is 13.2. The predicted molar refractivity (Wildman–Crippen MR) is 160 cm³/mol. The van der Waals surface area contributed by atoms with Gasteiger partial charge in [-0.15, -0.1) is 0 Å². The molecular weight excluding hydrogens is 534 g/mol. The highest BCUT2D eigenvalue weighted by atomic mass is 32.2. The van der Waals surface area contributed by atoms with Gasteiger partial charge in [-0.25, -0.2) is 18.1 Å². The van der Waals surface area contributed by atoms with Crippen LogP contribution in [-0.2, 0) is 10.0 Å². The summed E-state index contributed by atoms with van der Waals surface area (Å²) < 4.78 is 31.6. The molecule has 0 radical (unpaired) electrons. The molecule has 1 amide bonds. The van der Waals surface area contributed by atoms with Gasteiger partial charge in [0, 0.05) is 30.2 Å². The highest BCUT2D eigenvalue weighted by molar-refractivity contribution is 7.89. The van der Waals surface area contributed by atoms with Crippen molar-refractivity contribution in [3.05, 3.63) is 95.8 Å². The summed E-state index contributed by atoms with van der Waals surface area (Å²) in [6, 6.07) is 25.9. The Bertz CT molecular complexity index is 1640. The van der Waals surface area contributed by atoms with Crippen LogP contribution >= 0.6 is 0 Å². The van der Waals surface area contributed by atoms with Crippen molar-refractivity contribution in [2.45, 2.75) is 68.0 Å². The Morgan fingerprint density at radius 2 is 1.68 bits per heavy atom. The number of sulfonamides is 1. The lowest BCUT2D eigenvalue weighted by atomic mass is 9.93. The first-order chi connectivity index (χ1) is 19.8. The Morgan fingerprint density at radius 3 is 2.41 bits per heavy atom. The minimum Gasteiger partial charge on any atom is -0.366 e. The normalized spacial score (nSPS) is 21.7. The Labute approximate surface area is 241 Å². The lowest BCUT2D eigenvalue weighted by Gasteiger charge is -2.40. The first-order valence-corrected chi connectivity index (χ1v) is 15.9. The quantitative estimate of drug-likeness (QED) is 0.285. The van der Waals surface area contributed by atoms with Crippen molar-refractivity contribution in [3.63, 3.8) is 0 Å². The molecule has 2 aliphatic rings. The number of carbonyl (C=O) groups excluding carboxylic acids is 1. The Morgan fingerprint density at radius 1 is 0.976 bits per heavy atom. The van der Waals surface area contributed by atoms with Crippen LogP contribution < -0.4 is 10.5 Å². The lowest BCUT2D eigenvalue weighted by molar-refractivity contribution is 0.1000. The molecule has 4 atom stereocenters. The largest absolute Gasteiger partial charge is 0.366 e. The number of hydrogen-bond acceptors (Lipinski definition) is 5. The number of nitrogens with two attached hydrogens (primary N) is 1. The van der Waals surface area contributed by atoms with Crippen molar-refractivity contribution >= 4 is 27.0 Å². The average Bonchev–Trinajstić information content (AvgIpc) is 3.43. The maximum absolute atomic E-state index is 13.2. The van der Waals surface area contributed by atoms with E-state index >= 15 is 0 Å². The molecular formula is C32H37N5O3S. The van der Waals surface area contributed by atoms with Crippen LogP contribution in [0.3, 0.4) is 0 Å². The Balaban J connectivity index is 1.15. The zero-order valence-corrected chi connectivity index (χ0v) is 24.1. The average molecular weight is 572 g/mol. The molecule has 2 unspecified atom stereocenters. The van der Waals surface area contributed by atoms with Gasteiger partial charge in [-0.1, -0.05) is 48.5 Å². The molecule has 9 heteroatoms. The number of nitrogens with zero attached hydrogens (tertiary/aromatic N) is 3. The van der Waals surface area contributed by atoms with Crippen molar-refractivity contribution in [3.8, 4) is 0 Å². The van der Waals surface area contributed by atoms with Crippen LogP contribution in [0.1, 0.15) is 65.8 Å². The van der Waals surface area contributed by atoms with Gasteiger partial charge in [0.1, 0.15) is 5.82 Å². The van der Waals surface area contributed by atoms with Crippen LogP contribution in [0.25, 0.3) is 11.0 Å². The lowest BCUT2D eigenvalue weighted by Crippen LogP contribution is -2.44. The molecule has 2 bridgehead atoms. The monoisotopic (exact) mass is 571 g/mol. The van der Waals surface area contributed by atoms with Crippen molar-refractivity contribution < 1.29 is 13.2 Å². The number of hydrogen-bond donors (Lipinski definition) is 2. The summed E-state index contributed by atoms with van der Waals surface area (Å²) in [4.78, 5) is 19.1. The second kappa shape index (κ2) is 11.4. The van der Waals surface area contributed by atoms with Crippen molar-refractivity contribution in [1.82, 2.24) is 19.2 Å². The molecule has 1 aromatic heterocycles. The van der Waals surface area contributed by atoms with Gasteiger partial charge >= 0.3 is 0 Å². The fourth-order valence-electron chi connectivity index (χ4n) is 6.97. The zero-order valence-electron chi connectivity index (χ0n) is 23.3. The van der Waals surface area contributed by atoms with Crippen molar-refractivity contribution in [2.24, 2.45) is 5.73 Å². The number of aryl methyl sites for hydroxylation is 1. The van der Waals surface area contributed by atoms with Gasteiger partial charge in [-0.3, -0.25) is 9.69 Å². The summed E-state index contributed by atoms with van der Waals surface area (Å²) in [5.41, 5.74) is 8.94. The van der Waals surface area contributed by atoms with E-state index in [1.165, 1.54) is 42.6 Å². The zero-order chi connectivity index (χ0) is 28.6. The summed E-state index contributed by atoms with van der Waals surface area (Å²) in [7, 11) is -3.81. The van der Waals surface area contributed by atoms with E-state index in [2.05, 4.69) is 51.4 Å². The molecule has 3 N–H and O–H groups in total. The topological polar surface area (TPSA) is 110 Å². The molecule has 3 aromatic carbocycles. The number of aromatic nitrogens is 2. The SMILES string of the molecule is Cc1nc2ccccc2n1C1C[C@H]2CC[C@@H](C1)N2CCC(CNS(=O)(=O)c1cccc(C(N)=O)c1)c1ccccc1. The summed E-state index contributed by atoms with van der Waals surface area (Å²) in [6.45, 7) is 3.31. The molecule has 2 fully saturated rings. The molecule has 214 valence electrons. The van der Waals surface area contributed by atoms with E-state index in [0.29, 0.717) is 18.1 Å². The molecule has 8 nitrogen and oxygen atoms in total. The van der Waals surface area contributed by atoms with Gasteiger partial charge in [0.25, 0.3) is 0 Å². The first-order valence-electron chi connectivity index (χ1n) is 14.4. The number of fused-ring (bicyclic) bond motifs is 3. The van der Waals surface area contributed by atoms with E-state index in [-0.39, 0.29) is 22.9 Å². The van der Waals surface area contributed by atoms with E-state index in [1.807, 2.05) is 24.3 Å². The number of primary amides is 1. The molecule has 6 rings (SSSR count). The van der Waals surface area contributed by atoms with Crippen LogP contribution in [0.2, 0.25) is 0 Å². The van der Waals surface area contributed by atoms with Gasteiger partial charge in [0.05, 0.1) is 15.9 Å². The molecule has 2 aliphatic heterocycles. The van der Waals surface area contributed by atoms with E-state index in [4.69, 9.17) is 10.7 Å². The fraction of sp³-hybridized carbons (Fsp3) is 0.375. The number of imidazole rings is 1. The van der Waals surface area contributed by atoms with Gasteiger partial charge in [0.15, 0.2) is 0 Å². The van der Waals surface area contributed by atoms with Gasteiger partial charge in [0.2, 0.25) is 15.9 Å². The molecule has 2 saturated heterocycles. The molecule has 3 heterocycles. The molecule has 41 heavy (non-hydrogen) atoms. The number of amides is 1. The summed E-state index contributed by atoms with van der Waals surface area (Å²) >= 11 is 0. The number of rotatable bonds is 10. The number of carbonyl (C=O) groups is 1. The van der Waals surface area contributed by atoms with Crippen LogP contribution in [0.15, 0.2) is 83.8 Å². The fourth-order valence-corrected chi connectivity index (χ4v) is 8.10. The molecule has 0 saturated carbocycles. The van der Waals surface area contributed by atoms with E-state index in [0.717, 1.165) is 42.7 Å². The summed E-state index contributed by atoms with van der Waals surface area (Å²) in [5, 5.41) is 0. The highest BCUT2D eigenvalue weighted by Gasteiger charge is 2.41. The maximum Gasteiger partial charge on any atom is 0.248 e. The standard InChI is InChI=1S/C32H37N5O3S/c1-22-35-30-12-5-6-13-31(30)37(22)28-19-26-14-15-27(20-28)36(26)17-16-25(23-8-3-2-4-9-23)21-34-41(39,40)29-11-7-10-24(18-29)32(33)38/h2-13,18,25-28,34H,14-17,19-21H2,1H3,(H2,33,38)/t25?,26-,27+,28?. The minimum atomic E-state index is -3.81. The highest BCUT2D eigenvalue weighted by Crippen LogP contribution is 2.42. The van der Waals surface area contributed by atoms with Crippen molar-refractivity contribution in [2.75, 3.05) is 13.1 Å². The molecule has 4 aromatic rings. The van der Waals surface area contributed by atoms with E-state index < -0.39 is 15.9 Å². The number of piperidine rings is 1. The Hall–Kier alpha value is -3.53. The third kappa shape index (κ3) is 5.66. The van der Waals surface area contributed by atoms with E-state index in [9.17, 15) is 13.2 Å². The third-order valence-corrected chi connectivity index (χ3v) is 10.4. The van der Waals surface area contributed by atoms with Gasteiger partial charge in [-0.05, 0) is 87.4 Å². The van der Waals surface area contributed by atoms with Crippen molar-refractivity contribution in [1.29, 1.82) is 0 Å². The number of nitrogens with one attached hydrogen (secondary N) is 1. The Kier molecular flexibility index (Phi) is 7.68. The van der Waals surface area contributed by atoms with Crippen LogP contribution in [0.5, 0.6) is 0 Å². The van der Waals surface area contributed by atoms with Gasteiger partial charge in [-0.2, -0.15) is 0 Å². The number of benzene rings is 3. The molecule has 0 spiro atoms. The third-order valence-electron chi connectivity index (χ3n) is 8.95. The summed E-state index contributed by atoms with van der Waals surface area (Å²) in [6.07, 6.45) is 5.46. The first kappa shape index (κ1) is 27.6. The predicted octanol–water partition coefficient (Wildman–Crippen LogP) is 4.76. The van der Waals surface area contributed by atoms with Crippen LogP contribution in [0, 0.1) is 6.92 Å². The second-order valence-electron chi connectivity index (χ2n) is 11.4. The van der Waals surface area contributed by atoms with Crippen LogP contribution in [0.4, 0.5) is 0 Å².